The average molecular weight is 486 g/mol. The van der Waals surface area contributed by atoms with Crippen molar-refractivity contribution in [2.24, 2.45) is 26.9 Å². The summed E-state index contributed by atoms with van der Waals surface area (Å²) in [5.74, 6) is -0.0245. The summed E-state index contributed by atoms with van der Waals surface area (Å²) in [4.78, 5) is 17.5. The van der Waals surface area contributed by atoms with E-state index in [0.29, 0.717) is 17.2 Å². The van der Waals surface area contributed by atoms with E-state index in [1.54, 1.807) is 6.92 Å². The van der Waals surface area contributed by atoms with Crippen molar-refractivity contribution in [3.63, 3.8) is 0 Å². The van der Waals surface area contributed by atoms with E-state index >= 15 is 0 Å². The molecule has 0 radical (unpaired) electrons. The smallest absolute Gasteiger partial charge is 0.442 e. The number of hydrogen-bond acceptors (Lipinski definition) is 7. The first-order valence-corrected chi connectivity index (χ1v) is 11.3. The zero-order chi connectivity index (χ0) is 25.4. The molecule has 4 rings (SSSR count). The third-order valence-corrected chi connectivity index (χ3v) is 5.77. The molecular formula is C25H26F3N5O2. The highest BCUT2D eigenvalue weighted by Gasteiger charge is 2.65. The SMILES string of the molecule is CCOC(=O)C1=C(c2ccc(C3(C(F)(F)F)N=N3)cc2)NC(N)=NC1c1ccc(CC(C)C)cc1. The van der Waals surface area contributed by atoms with Gasteiger partial charge in [-0.1, -0.05) is 62.4 Å². The van der Waals surface area contributed by atoms with Crippen molar-refractivity contribution in [1.29, 1.82) is 0 Å². The van der Waals surface area contributed by atoms with Gasteiger partial charge in [-0.25, -0.2) is 9.79 Å². The molecule has 0 aromatic heterocycles. The number of ether oxygens (including phenoxy) is 1. The van der Waals surface area contributed by atoms with E-state index in [0.717, 1.165) is 17.5 Å². The number of aliphatic imine (C=N–C) groups is 1. The van der Waals surface area contributed by atoms with Crippen LogP contribution < -0.4 is 11.1 Å². The van der Waals surface area contributed by atoms with Gasteiger partial charge in [0.2, 0.25) is 0 Å². The molecule has 0 fully saturated rings. The van der Waals surface area contributed by atoms with Gasteiger partial charge in [-0.15, -0.1) is 10.2 Å². The molecule has 184 valence electrons. The van der Waals surface area contributed by atoms with Crippen LogP contribution in [-0.2, 0) is 21.6 Å². The first-order valence-electron chi connectivity index (χ1n) is 11.3. The summed E-state index contributed by atoms with van der Waals surface area (Å²) in [6.45, 7) is 6.10. The monoisotopic (exact) mass is 485 g/mol. The number of hydrogen-bond donors (Lipinski definition) is 2. The first kappa shape index (κ1) is 24.4. The number of guanidine groups is 1. The fourth-order valence-electron chi connectivity index (χ4n) is 4.08. The van der Waals surface area contributed by atoms with E-state index in [9.17, 15) is 18.0 Å². The van der Waals surface area contributed by atoms with E-state index in [2.05, 4.69) is 34.4 Å². The Bertz CT molecular complexity index is 1190. The highest BCUT2D eigenvalue weighted by atomic mass is 19.4. The summed E-state index contributed by atoms with van der Waals surface area (Å²) in [6.07, 6.45) is -3.72. The Morgan fingerprint density at radius 2 is 1.74 bits per heavy atom. The van der Waals surface area contributed by atoms with E-state index < -0.39 is 23.9 Å². The largest absolute Gasteiger partial charge is 0.463 e. The minimum Gasteiger partial charge on any atom is -0.463 e. The van der Waals surface area contributed by atoms with Crippen LogP contribution in [0.5, 0.6) is 0 Å². The molecule has 2 aromatic carbocycles. The Morgan fingerprint density at radius 1 is 1.11 bits per heavy atom. The van der Waals surface area contributed by atoms with Gasteiger partial charge in [-0.3, -0.25) is 0 Å². The average Bonchev–Trinajstić information content (AvgIpc) is 3.61. The summed E-state index contributed by atoms with van der Waals surface area (Å²) >= 11 is 0. The fraction of sp³-hybridized carbons (Fsp3) is 0.360. The summed E-state index contributed by atoms with van der Waals surface area (Å²) in [6, 6.07) is 12.5. The molecule has 2 aliphatic rings. The third kappa shape index (κ3) is 4.78. The topological polar surface area (TPSA) is 101 Å². The molecule has 10 heteroatoms. The normalized spacial score (nSPS) is 18.8. The predicted molar refractivity (Wildman–Crippen MR) is 125 cm³/mol. The number of esters is 1. The second-order valence-electron chi connectivity index (χ2n) is 8.84. The second kappa shape index (κ2) is 9.16. The van der Waals surface area contributed by atoms with Gasteiger partial charge in [0.15, 0.2) is 5.96 Å². The molecule has 0 aliphatic carbocycles. The van der Waals surface area contributed by atoms with E-state index in [1.165, 1.54) is 24.3 Å². The summed E-state index contributed by atoms with van der Waals surface area (Å²) in [5, 5.41) is 9.37. The summed E-state index contributed by atoms with van der Waals surface area (Å²) < 4.78 is 45.4. The maximum atomic E-state index is 13.4. The summed E-state index contributed by atoms with van der Waals surface area (Å²) in [7, 11) is 0. The zero-order valence-electron chi connectivity index (χ0n) is 19.6. The van der Waals surface area contributed by atoms with Crippen LogP contribution in [-0.4, -0.2) is 24.7 Å². The molecule has 35 heavy (non-hydrogen) atoms. The van der Waals surface area contributed by atoms with Crippen molar-refractivity contribution >= 4 is 17.6 Å². The lowest BCUT2D eigenvalue weighted by atomic mass is 9.91. The van der Waals surface area contributed by atoms with Crippen molar-refractivity contribution in [3.05, 3.63) is 76.4 Å². The van der Waals surface area contributed by atoms with Gasteiger partial charge in [0.1, 0.15) is 6.04 Å². The lowest BCUT2D eigenvalue weighted by Crippen LogP contribution is -2.37. The molecule has 1 unspecified atom stereocenters. The molecule has 2 aliphatic heterocycles. The Morgan fingerprint density at radius 3 is 2.26 bits per heavy atom. The van der Waals surface area contributed by atoms with Crippen LogP contribution in [0, 0.1) is 5.92 Å². The molecule has 3 N–H and O–H groups in total. The number of rotatable bonds is 7. The Hall–Kier alpha value is -3.69. The van der Waals surface area contributed by atoms with Crippen molar-refractivity contribution in [2.45, 2.75) is 45.1 Å². The van der Waals surface area contributed by atoms with Crippen molar-refractivity contribution in [3.8, 4) is 0 Å². The first-order chi connectivity index (χ1) is 16.6. The van der Waals surface area contributed by atoms with Gasteiger partial charge in [-0.05, 0) is 36.0 Å². The number of benzene rings is 2. The molecule has 0 saturated heterocycles. The Kier molecular flexibility index (Phi) is 6.40. The maximum Gasteiger partial charge on any atom is 0.442 e. The quantitative estimate of drug-likeness (QED) is 0.539. The lowest BCUT2D eigenvalue weighted by molar-refractivity contribution is -0.166. The number of carbonyl (C=O) groups excluding carboxylic acids is 1. The Labute approximate surface area is 201 Å². The van der Waals surface area contributed by atoms with Gasteiger partial charge in [0.05, 0.1) is 17.9 Å². The molecule has 1 atom stereocenters. The van der Waals surface area contributed by atoms with Crippen LogP contribution in [0.2, 0.25) is 0 Å². The molecule has 0 saturated carbocycles. The minimum atomic E-state index is -4.63. The predicted octanol–water partition coefficient (Wildman–Crippen LogP) is 5.00. The fourth-order valence-corrected chi connectivity index (χ4v) is 4.08. The van der Waals surface area contributed by atoms with Crippen LogP contribution in [0.25, 0.3) is 5.70 Å². The molecule has 0 amide bonds. The lowest BCUT2D eigenvalue weighted by Gasteiger charge is -2.26. The second-order valence-corrected chi connectivity index (χ2v) is 8.84. The van der Waals surface area contributed by atoms with Crippen molar-refractivity contribution in [2.75, 3.05) is 6.61 Å². The number of nitrogens with one attached hydrogen (secondary N) is 1. The van der Waals surface area contributed by atoms with Crippen LogP contribution >= 0.6 is 0 Å². The van der Waals surface area contributed by atoms with Crippen LogP contribution in [0.1, 0.15) is 49.1 Å². The van der Waals surface area contributed by atoms with Crippen LogP contribution in [0.4, 0.5) is 13.2 Å². The minimum absolute atomic E-state index is 0.0762. The van der Waals surface area contributed by atoms with Crippen LogP contribution in [0.15, 0.2) is 69.3 Å². The van der Waals surface area contributed by atoms with Crippen molar-refractivity contribution in [1.82, 2.24) is 5.32 Å². The number of halogens is 3. The number of carbonyl (C=O) groups is 1. The van der Waals surface area contributed by atoms with Gasteiger partial charge >= 0.3 is 17.8 Å². The highest BCUT2D eigenvalue weighted by molar-refractivity contribution is 6.04. The van der Waals surface area contributed by atoms with Gasteiger partial charge in [0.25, 0.3) is 0 Å². The zero-order valence-corrected chi connectivity index (χ0v) is 19.6. The number of nitrogens with two attached hydrogens (primary N) is 1. The molecule has 2 aromatic rings. The molecule has 7 nitrogen and oxygen atoms in total. The van der Waals surface area contributed by atoms with Crippen molar-refractivity contribution < 1.29 is 22.7 Å². The van der Waals surface area contributed by atoms with E-state index in [4.69, 9.17) is 10.5 Å². The van der Waals surface area contributed by atoms with E-state index in [-0.39, 0.29) is 23.7 Å². The molecule has 0 spiro atoms. The molecule has 0 bridgehead atoms. The van der Waals surface area contributed by atoms with Gasteiger partial charge in [0, 0.05) is 5.56 Å². The number of alkyl halides is 3. The molecule has 2 heterocycles. The van der Waals surface area contributed by atoms with Crippen LogP contribution in [0.3, 0.4) is 0 Å². The number of nitrogens with zero attached hydrogens (tertiary/aromatic N) is 3. The van der Waals surface area contributed by atoms with Gasteiger partial charge in [-0.2, -0.15) is 13.2 Å². The van der Waals surface area contributed by atoms with E-state index in [1.807, 2.05) is 24.3 Å². The summed E-state index contributed by atoms with van der Waals surface area (Å²) in [5.41, 5.74) is 6.32. The third-order valence-electron chi connectivity index (χ3n) is 5.77. The Balaban J connectivity index is 1.75. The standard InChI is InChI=1S/C25H26F3N5O2/c1-4-35-22(34)19-20(16-7-5-15(6-8-16)13-14(2)3)30-23(29)31-21(19)17-9-11-18(12-10-17)24(32-33-24)25(26,27)28/h5-12,14,20H,4,13H2,1-3H3,(H3,29,30,31). The molecular weight excluding hydrogens is 459 g/mol. The van der Waals surface area contributed by atoms with Gasteiger partial charge < -0.3 is 15.8 Å². The highest BCUT2D eigenvalue weighted by Crippen LogP contribution is 2.52. The maximum absolute atomic E-state index is 13.4.